The SMILES string of the molecule is CCPC(=O)C1CCN(C)C1C. The van der Waals surface area contributed by atoms with Gasteiger partial charge in [-0.3, -0.25) is 4.79 Å². The molecule has 1 saturated heterocycles. The van der Waals surface area contributed by atoms with E-state index < -0.39 is 0 Å². The Kier molecular flexibility index (Phi) is 3.67. The molecule has 3 atom stereocenters. The van der Waals surface area contributed by atoms with E-state index in [2.05, 4.69) is 25.8 Å². The van der Waals surface area contributed by atoms with Gasteiger partial charge in [0.1, 0.15) is 0 Å². The monoisotopic (exact) mass is 187 g/mol. The molecule has 1 fully saturated rings. The fraction of sp³-hybridized carbons (Fsp3) is 0.889. The highest BCUT2D eigenvalue weighted by Crippen LogP contribution is 2.29. The molecule has 0 aliphatic carbocycles. The molecule has 0 radical (unpaired) electrons. The lowest BCUT2D eigenvalue weighted by molar-refractivity contribution is -0.115. The molecule has 0 bridgehead atoms. The van der Waals surface area contributed by atoms with Crippen LogP contribution in [0.5, 0.6) is 0 Å². The molecule has 0 spiro atoms. The second-order valence-corrected chi connectivity index (χ2v) is 5.06. The molecule has 70 valence electrons. The summed E-state index contributed by atoms with van der Waals surface area (Å²) in [5.74, 6) is 0.327. The van der Waals surface area contributed by atoms with Crippen LogP contribution >= 0.6 is 8.58 Å². The Morgan fingerprint density at radius 3 is 2.75 bits per heavy atom. The lowest BCUT2D eigenvalue weighted by atomic mass is 10.0. The molecule has 3 heteroatoms. The first-order chi connectivity index (χ1) is 5.66. The van der Waals surface area contributed by atoms with E-state index in [0.717, 1.165) is 19.1 Å². The molecular weight excluding hydrogens is 169 g/mol. The summed E-state index contributed by atoms with van der Waals surface area (Å²) in [5.41, 5.74) is 0.495. The predicted octanol–water partition coefficient (Wildman–Crippen LogP) is 1.55. The Balaban J connectivity index is 2.47. The van der Waals surface area contributed by atoms with Crippen molar-refractivity contribution in [3.8, 4) is 0 Å². The Labute approximate surface area is 76.5 Å². The van der Waals surface area contributed by atoms with Crippen molar-refractivity contribution in [1.29, 1.82) is 0 Å². The number of carbonyl (C=O) groups is 1. The van der Waals surface area contributed by atoms with Crippen LogP contribution in [0.1, 0.15) is 20.3 Å². The summed E-state index contributed by atoms with van der Waals surface area (Å²) in [4.78, 5) is 13.9. The lowest BCUT2D eigenvalue weighted by Gasteiger charge is -2.18. The van der Waals surface area contributed by atoms with Gasteiger partial charge < -0.3 is 4.90 Å². The summed E-state index contributed by atoms with van der Waals surface area (Å²) < 4.78 is 0. The topological polar surface area (TPSA) is 20.3 Å². The van der Waals surface area contributed by atoms with Crippen molar-refractivity contribution >= 4 is 14.1 Å². The molecule has 0 aromatic carbocycles. The number of hydrogen-bond acceptors (Lipinski definition) is 2. The summed E-state index contributed by atoms with van der Waals surface area (Å²) in [6, 6.07) is 0.469. The smallest absolute Gasteiger partial charge is 0.155 e. The van der Waals surface area contributed by atoms with Gasteiger partial charge >= 0.3 is 0 Å². The zero-order valence-electron chi connectivity index (χ0n) is 8.13. The van der Waals surface area contributed by atoms with Gasteiger partial charge in [-0.15, -0.1) is 0 Å². The first-order valence-electron chi connectivity index (χ1n) is 4.64. The first kappa shape index (κ1) is 10.1. The Hall–Kier alpha value is 0.0600. The highest BCUT2D eigenvalue weighted by atomic mass is 31.1. The fourth-order valence-corrected chi connectivity index (χ4v) is 2.75. The van der Waals surface area contributed by atoms with Crippen LogP contribution in [0.3, 0.4) is 0 Å². The third kappa shape index (κ3) is 2.05. The van der Waals surface area contributed by atoms with Gasteiger partial charge in [-0.25, -0.2) is 0 Å². The summed E-state index contributed by atoms with van der Waals surface area (Å²) in [6.07, 6.45) is 2.09. The maximum Gasteiger partial charge on any atom is 0.155 e. The molecule has 1 aliphatic rings. The Morgan fingerprint density at radius 1 is 1.67 bits per heavy atom. The molecule has 0 aromatic heterocycles. The van der Waals surface area contributed by atoms with E-state index in [0.29, 0.717) is 26.1 Å². The van der Waals surface area contributed by atoms with Crippen LogP contribution in [-0.4, -0.2) is 36.2 Å². The molecule has 12 heavy (non-hydrogen) atoms. The van der Waals surface area contributed by atoms with Crippen LogP contribution in [0.2, 0.25) is 0 Å². The van der Waals surface area contributed by atoms with Crippen molar-refractivity contribution in [3.05, 3.63) is 0 Å². The first-order valence-corrected chi connectivity index (χ1v) is 5.85. The largest absolute Gasteiger partial charge is 0.303 e. The number of carbonyl (C=O) groups excluding carboxylic acids is 1. The van der Waals surface area contributed by atoms with Gasteiger partial charge in [-0.2, -0.15) is 0 Å². The van der Waals surface area contributed by atoms with Crippen molar-refractivity contribution in [2.24, 2.45) is 5.92 Å². The zero-order chi connectivity index (χ0) is 9.14. The highest BCUT2D eigenvalue weighted by molar-refractivity contribution is 7.57. The average molecular weight is 187 g/mol. The molecule has 1 rings (SSSR count). The molecule has 3 unspecified atom stereocenters. The fourth-order valence-electron chi connectivity index (χ4n) is 1.75. The standard InChI is InChI=1S/C9H18NOP/c1-4-12-9(11)8-5-6-10(3)7(8)2/h7-8,12H,4-6H2,1-3H3. The van der Waals surface area contributed by atoms with E-state index in [4.69, 9.17) is 0 Å². The molecular formula is C9H18NOP. The second-order valence-electron chi connectivity index (χ2n) is 3.51. The van der Waals surface area contributed by atoms with Crippen molar-refractivity contribution in [2.75, 3.05) is 19.8 Å². The average Bonchev–Trinajstić information content (AvgIpc) is 2.34. The maximum atomic E-state index is 11.6. The minimum Gasteiger partial charge on any atom is -0.303 e. The summed E-state index contributed by atoms with van der Waals surface area (Å²) in [5, 5.41) is 0. The van der Waals surface area contributed by atoms with Gasteiger partial charge in [0.2, 0.25) is 0 Å². The summed E-state index contributed by atoms with van der Waals surface area (Å²) >= 11 is 0. The molecule has 1 aliphatic heterocycles. The van der Waals surface area contributed by atoms with E-state index in [-0.39, 0.29) is 0 Å². The highest BCUT2D eigenvalue weighted by Gasteiger charge is 2.32. The predicted molar refractivity (Wildman–Crippen MR) is 54.1 cm³/mol. The second kappa shape index (κ2) is 4.34. The van der Waals surface area contributed by atoms with Gasteiger partial charge in [0.25, 0.3) is 0 Å². The van der Waals surface area contributed by atoms with Gasteiger partial charge in [-0.1, -0.05) is 15.5 Å². The Bertz CT molecular complexity index is 172. The molecule has 0 saturated carbocycles. The molecule has 0 amide bonds. The van der Waals surface area contributed by atoms with E-state index in [1.807, 2.05) is 0 Å². The zero-order valence-corrected chi connectivity index (χ0v) is 9.13. The summed E-state index contributed by atoms with van der Waals surface area (Å²) in [7, 11) is 2.64. The lowest BCUT2D eigenvalue weighted by Crippen LogP contribution is -2.28. The third-order valence-corrected chi connectivity index (χ3v) is 3.83. The van der Waals surface area contributed by atoms with E-state index in [1.165, 1.54) is 0 Å². The molecule has 0 aromatic rings. The molecule has 1 heterocycles. The number of nitrogens with zero attached hydrogens (tertiary/aromatic N) is 1. The van der Waals surface area contributed by atoms with Crippen LogP contribution < -0.4 is 0 Å². The van der Waals surface area contributed by atoms with Gasteiger partial charge in [0.15, 0.2) is 5.52 Å². The van der Waals surface area contributed by atoms with Crippen LogP contribution in [0.15, 0.2) is 0 Å². The van der Waals surface area contributed by atoms with Crippen molar-refractivity contribution < 1.29 is 4.79 Å². The van der Waals surface area contributed by atoms with Gasteiger partial charge in [-0.05, 0) is 33.1 Å². The Morgan fingerprint density at radius 2 is 2.33 bits per heavy atom. The van der Waals surface area contributed by atoms with Crippen molar-refractivity contribution in [3.63, 3.8) is 0 Å². The maximum absolute atomic E-state index is 11.6. The third-order valence-electron chi connectivity index (χ3n) is 2.76. The minimum atomic E-state index is 0.327. The van der Waals surface area contributed by atoms with E-state index in [1.54, 1.807) is 0 Å². The van der Waals surface area contributed by atoms with Gasteiger partial charge in [0, 0.05) is 12.0 Å². The van der Waals surface area contributed by atoms with Crippen LogP contribution in [0.25, 0.3) is 0 Å². The van der Waals surface area contributed by atoms with Crippen molar-refractivity contribution in [2.45, 2.75) is 26.3 Å². The number of likely N-dealkylation sites (tertiary alicyclic amines) is 1. The van der Waals surface area contributed by atoms with Crippen LogP contribution in [-0.2, 0) is 4.79 Å². The van der Waals surface area contributed by atoms with Crippen LogP contribution in [0, 0.1) is 5.92 Å². The quantitative estimate of drug-likeness (QED) is 0.625. The van der Waals surface area contributed by atoms with E-state index in [9.17, 15) is 4.79 Å². The molecule has 2 nitrogen and oxygen atoms in total. The number of rotatable bonds is 3. The summed E-state index contributed by atoms with van der Waals surface area (Å²) in [6.45, 7) is 5.33. The minimum absolute atomic E-state index is 0.327. The molecule has 0 N–H and O–H groups in total. The van der Waals surface area contributed by atoms with Gasteiger partial charge in [0.05, 0.1) is 0 Å². The van der Waals surface area contributed by atoms with Crippen LogP contribution in [0.4, 0.5) is 0 Å². The number of hydrogen-bond donors (Lipinski definition) is 0. The van der Waals surface area contributed by atoms with E-state index >= 15 is 0 Å². The normalized spacial score (nSPS) is 31.9. The van der Waals surface area contributed by atoms with Crippen molar-refractivity contribution in [1.82, 2.24) is 4.90 Å².